The zero-order valence-corrected chi connectivity index (χ0v) is 20.4. The number of rotatable bonds is 6. The first-order valence-corrected chi connectivity index (χ1v) is 10.9. The first-order chi connectivity index (χ1) is 12.7. The number of nitrogens with zero attached hydrogens (tertiary/aromatic N) is 2. The number of nitrogens with one attached hydrogen (secondary N) is 2. The van der Waals surface area contributed by atoms with Gasteiger partial charge in [0.1, 0.15) is 0 Å². The van der Waals surface area contributed by atoms with E-state index in [9.17, 15) is 0 Å². The van der Waals surface area contributed by atoms with Crippen molar-refractivity contribution in [2.75, 3.05) is 19.6 Å². The van der Waals surface area contributed by atoms with E-state index in [0.717, 1.165) is 56.0 Å². The summed E-state index contributed by atoms with van der Waals surface area (Å²) in [5, 5.41) is 9.10. The van der Waals surface area contributed by atoms with Crippen LogP contribution in [-0.4, -0.2) is 36.5 Å². The Hall–Kier alpha value is -0.640. The van der Waals surface area contributed by atoms with E-state index in [2.05, 4.69) is 80.2 Å². The van der Waals surface area contributed by atoms with Crippen LogP contribution < -0.4 is 10.6 Å². The molecule has 1 aromatic heterocycles. The maximum absolute atomic E-state index is 4.75. The zero-order valence-electron chi connectivity index (χ0n) is 15.7. The molecule has 2 aromatic rings. The summed E-state index contributed by atoms with van der Waals surface area (Å²) < 4.78 is 1.14. The topological polar surface area (TPSA) is 39.7 Å². The van der Waals surface area contributed by atoms with Gasteiger partial charge in [-0.05, 0) is 47.3 Å². The smallest absolute Gasteiger partial charge is 0.191 e. The van der Waals surface area contributed by atoms with Crippen LogP contribution in [0.5, 0.6) is 0 Å². The summed E-state index contributed by atoms with van der Waals surface area (Å²) >= 11 is 5.25. The Morgan fingerprint density at radius 2 is 2.00 bits per heavy atom. The van der Waals surface area contributed by atoms with Gasteiger partial charge in [0.25, 0.3) is 0 Å². The molecule has 2 N–H and O–H groups in total. The van der Waals surface area contributed by atoms with Crippen LogP contribution in [-0.2, 0) is 13.1 Å². The van der Waals surface area contributed by atoms with Crippen molar-refractivity contribution in [3.05, 3.63) is 56.7 Å². The van der Waals surface area contributed by atoms with E-state index in [4.69, 9.17) is 4.99 Å². The third kappa shape index (κ3) is 7.71. The number of guanidine groups is 1. The Morgan fingerprint density at radius 1 is 1.26 bits per heavy atom. The molecular formula is C20H28BrIN4S. The number of benzene rings is 1. The Labute approximate surface area is 192 Å². The van der Waals surface area contributed by atoms with E-state index in [1.807, 2.05) is 0 Å². The largest absolute Gasteiger partial charge is 0.357 e. The molecule has 1 fully saturated rings. The highest BCUT2D eigenvalue weighted by Gasteiger charge is 2.20. The molecule has 0 atom stereocenters. The van der Waals surface area contributed by atoms with Crippen LogP contribution in [0.2, 0.25) is 0 Å². The molecule has 2 heterocycles. The first kappa shape index (κ1) is 22.6. The number of thiophene rings is 1. The second-order valence-electron chi connectivity index (χ2n) is 6.61. The number of likely N-dealkylation sites (tertiary alicyclic amines) is 1. The molecule has 3 rings (SSSR count). The van der Waals surface area contributed by atoms with E-state index in [1.54, 1.807) is 11.3 Å². The van der Waals surface area contributed by atoms with Crippen molar-refractivity contribution in [1.29, 1.82) is 0 Å². The van der Waals surface area contributed by atoms with Crippen molar-refractivity contribution < 1.29 is 0 Å². The predicted molar refractivity (Wildman–Crippen MR) is 130 cm³/mol. The molecule has 1 aliphatic heterocycles. The van der Waals surface area contributed by atoms with Crippen molar-refractivity contribution in [3.8, 4) is 0 Å². The van der Waals surface area contributed by atoms with Crippen molar-refractivity contribution >= 4 is 57.2 Å². The van der Waals surface area contributed by atoms with Gasteiger partial charge in [0.05, 0.1) is 6.54 Å². The van der Waals surface area contributed by atoms with Gasteiger partial charge in [-0.25, -0.2) is 4.99 Å². The summed E-state index contributed by atoms with van der Waals surface area (Å²) in [4.78, 5) is 8.56. The SMILES string of the molecule is CCNC(=NCc1cc(Br)cs1)NC1CCN(Cc2ccccc2)CC1.I. The van der Waals surface area contributed by atoms with E-state index in [0.29, 0.717) is 6.04 Å². The lowest BCUT2D eigenvalue weighted by Gasteiger charge is -2.33. The van der Waals surface area contributed by atoms with Gasteiger partial charge >= 0.3 is 0 Å². The minimum atomic E-state index is 0. The Morgan fingerprint density at radius 3 is 2.63 bits per heavy atom. The summed E-state index contributed by atoms with van der Waals surface area (Å²) in [6, 6.07) is 13.4. The highest BCUT2D eigenvalue weighted by molar-refractivity contribution is 14.0. The molecule has 0 saturated carbocycles. The molecule has 27 heavy (non-hydrogen) atoms. The average molecular weight is 563 g/mol. The van der Waals surface area contributed by atoms with Crippen LogP contribution in [0.15, 0.2) is 51.2 Å². The van der Waals surface area contributed by atoms with Crippen molar-refractivity contribution in [2.24, 2.45) is 4.99 Å². The molecule has 0 spiro atoms. The molecule has 0 radical (unpaired) electrons. The zero-order chi connectivity index (χ0) is 18.2. The molecule has 1 saturated heterocycles. The van der Waals surface area contributed by atoms with Gasteiger partial charge in [-0.15, -0.1) is 35.3 Å². The second-order valence-corrected chi connectivity index (χ2v) is 8.52. The third-order valence-electron chi connectivity index (χ3n) is 4.54. The summed E-state index contributed by atoms with van der Waals surface area (Å²) in [5.74, 6) is 0.929. The number of hydrogen-bond acceptors (Lipinski definition) is 3. The number of aliphatic imine (C=N–C) groups is 1. The average Bonchev–Trinajstić information content (AvgIpc) is 3.08. The van der Waals surface area contributed by atoms with Gasteiger partial charge in [-0.1, -0.05) is 30.3 Å². The maximum Gasteiger partial charge on any atom is 0.191 e. The van der Waals surface area contributed by atoms with Crippen LogP contribution in [0.25, 0.3) is 0 Å². The lowest BCUT2D eigenvalue weighted by molar-refractivity contribution is 0.198. The van der Waals surface area contributed by atoms with Gasteiger partial charge in [-0.2, -0.15) is 0 Å². The highest BCUT2D eigenvalue weighted by Crippen LogP contribution is 2.20. The quantitative estimate of drug-likeness (QED) is 0.300. The maximum atomic E-state index is 4.75. The van der Waals surface area contributed by atoms with Crippen molar-refractivity contribution in [3.63, 3.8) is 0 Å². The molecular weight excluding hydrogens is 535 g/mol. The van der Waals surface area contributed by atoms with Gasteiger partial charge in [-0.3, -0.25) is 4.90 Å². The van der Waals surface area contributed by atoms with E-state index >= 15 is 0 Å². The molecule has 0 unspecified atom stereocenters. The highest BCUT2D eigenvalue weighted by atomic mass is 127. The van der Waals surface area contributed by atoms with Crippen LogP contribution >= 0.6 is 51.2 Å². The lowest BCUT2D eigenvalue weighted by atomic mass is 10.0. The monoisotopic (exact) mass is 562 g/mol. The van der Waals surface area contributed by atoms with Crippen molar-refractivity contribution in [2.45, 2.75) is 38.9 Å². The summed E-state index contributed by atoms with van der Waals surface area (Å²) in [5.41, 5.74) is 1.40. The fraction of sp³-hybridized carbons (Fsp3) is 0.450. The minimum absolute atomic E-state index is 0. The number of halogens is 2. The molecule has 0 amide bonds. The van der Waals surface area contributed by atoms with Crippen LogP contribution in [0.1, 0.15) is 30.2 Å². The first-order valence-electron chi connectivity index (χ1n) is 9.27. The second kappa shape index (κ2) is 12.0. The Kier molecular flexibility index (Phi) is 10.1. The van der Waals surface area contributed by atoms with Crippen molar-refractivity contribution in [1.82, 2.24) is 15.5 Å². The molecule has 0 bridgehead atoms. The molecule has 1 aliphatic rings. The van der Waals surface area contributed by atoms with Crippen LogP contribution in [0.4, 0.5) is 0 Å². The van der Waals surface area contributed by atoms with Gasteiger partial charge in [0.2, 0.25) is 0 Å². The Balaban J connectivity index is 0.00000261. The molecule has 1 aromatic carbocycles. The van der Waals surface area contributed by atoms with Gasteiger partial charge in [0, 0.05) is 47.0 Å². The number of piperidine rings is 1. The fourth-order valence-corrected chi connectivity index (χ4v) is 4.56. The molecule has 7 heteroatoms. The molecule has 4 nitrogen and oxygen atoms in total. The number of hydrogen-bond donors (Lipinski definition) is 2. The third-order valence-corrected chi connectivity index (χ3v) is 6.22. The summed E-state index contributed by atoms with van der Waals surface area (Å²) in [7, 11) is 0. The van der Waals surface area contributed by atoms with E-state index in [-0.39, 0.29) is 24.0 Å². The fourth-order valence-electron chi connectivity index (χ4n) is 3.18. The molecule has 0 aliphatic carbocycles. The normalized spacial score (nSPS) is 16.0. The van der Waals surface area contributed by atoms with E-state index in [1.165, 1.54) is 10.4 Å². The summed E-state index contributed by atoms with van der Waals surface area (Å²) in [6.07, 6.45) is 2.31. The summed E-state index contributed by atoms with van der Waals surface area (Å²) in [6.45, 7) is 7.02. The molecule has 148 valence electrons. The van der Waals surface area contributed by atoms with Crippen LogP contribution in [0, 0.1) is 0 Å². The lowest BCUT2D eigenvalue weighted by Crippen LogP contribution is -2.48. The van der Waals surface area contributed by atoms with E-state index < -0.39 is 0 Å². The Bertz CT molecular complexity index is 699. The van der Waals surface area contributed by atoms with Gasteiger partial charge in [0.15, 0.2) is 5.96 Å². The minimum Gasteiger partial charge on any atom is -0.357 e. The predicted octanol–water partition coefficient (Wildman–Crippen LogP) is 4.85. The van der Waals surface area contributed by atoms with Crippen LogP contribution in [0.3, 0.4) is 0 Å². The standard InChI is InChI=1S/C20H27BrN4S.HI/c1-2-22-20(23-13-19-12-17(21)15-26-19)24-18-8-10-25(11-9-18)14-16-6-4-3-5-7-16;/h3-7,12,15,18H,2,8-11,13-14H2,1H3,(H2,22,23,24);1H. The van der Waals surface area contributed by atoms with Gasteiger partial charge < -0.3 is 10.6 Å².